The van der Waals surface area contributed by atoms with Gasteiger partial charge in [0.2, 0.25) is 5.91 Å². The fraction of sp³-hybridized carbons (Fsp3) is 0.619. The van der Waals surface area contributed by atoms with Crippen molar-refractivity contribution in [3.63, 3.8) is 0 Å². The third kappa shape index (κ3) is 3.93. The molecule has 2 atom stereocenters. The van der Waals surface area contributed by atoms with E-state index in [4.69, 9.17) is 4.74 Å². The Morgan fingerprint density at radius 1 is 1.15 bits per heavy atom. The molecule has 2 unspecified atom stereocenters. The van der Waals surface area contributed by atoms with Crippen molar-refractivity contribution in [3.8, 4) is 0 Å². The van der Waals surface area contributed by atoms with Gasteiger partial charge in [-0.1, -0.05) is 50.1 Å². The van der Waals surface area contributed by atoms with Crippen molar-refractivity contribution in [1.29, 1.82) is 0 Å². The van der Waals surface area contributed by atoms with E-state index in [1.165, 1.54) is 19.3 Å². The molecule has 1 saturated heterocycles. The van der Waals surface area contributed by atoms with Crippen LogP contribution in [0.2, 0.25) is 0 Å². The van der Waals surface area contributed by atoms with Gasteiger partial charge in [-0.2, -0.15) is 0 Å². The number of carbonyl (C=O) groups excluding carboxylic acids is 1. The number of carbonyl (C=O) groups is 2. The number of hydrogen-bond acceptors (Lipinski definition) is 3. The molecule has 26 heavy (non-hydrogen) atoms. The van der Waals surface area contributed by atoms with Crippen LogP contribution in [0.15, 0.2) is 30.3 Å². The second-order valence-corrected chi connectivity index (χ2v) is 7.75. The lowest BCUT2D eigenvalue weighted by atomic mass is 9.73. The number of piperidine rings is 1. The van der Waals surface area contributed by atoms with Crippen LogP contribution >= 0.6 is 0 Å². The summed E-state index contributed by atoms with van der Waals surface area (Å²) in [6, 6.07) is 9.38. The van der Waals surface area contributed by atoms with Crippen LogP contribution in [0.5, 0.6) is 0 Å². The molecule has 1 aliphatic carbocycles. The minimum atomic E-state index is -0.892. The van der Waals surface area contributed by atoms with Crippen LogP contribution in [0.25, 0.3) is 0 Å². The predicted molar refractivity (Wildman–Crippen MR) is 98.9 cm³/mol. The molecule has 0 spiro atoms. The van der Waals surface area contributed by atoms with Gasteiger partial charge in [0, 0.05) is 13.1 Å². The molecule has 1 N–H and O–H groups in total. The molecule has 0 aromatic heterocycles. The normalized spacial score (nSPS) is 25.7. The van der Waals surface area contributed by atoms with Crippen LogP contribution in [-0.4, -0.2) is 47.7 Å². The highest BCUT2D eigenvalue weighted by molar-refractivity contribution is 5.83. The summed E-state index contributed by atoms with van der Waals surface area (Å²) in [6.45, 7) is 3.23. The lowest BCUT2D eigenvalue weighted by molar-refractivity contribution is -0.150. The third-order valence-corrected chi connectivity index (χ3v) is 6.16. The fourth-order valence-corrected chi connectivity index (χ4v) is 4.32. The Hall–Kier alpha value is -1.88. The maximum Gasteiger partial charge on any atom is 0.314 e. The number of rotatable bonds is 5. The van der Waals surface area contributed by atoms with Gasteiger partial charge in [-0.15, -0.1) is 0 Å². The van der Waals surface area contributed by atoms with Gasteiger partial charge in [-0.25, -0.2) is 0 Å². The first-order valence-electron chi connectivity index (χ1n) is 9.71. The molecule has 2 fully saturated rings. The number of hydrogen-bond donors (Lipinski definition) is 1. The van der Waals surface area contributed by atoms with Crippen molar-refractivity contribution in [1.82, 2.24) is 4.90 Å². The van der Waals surface area contributed by atoms with E-state index in [-0.39, 0.29) is 18.6 Å². The molecule has 3 rings (SSSR count). The zero-order chi connectivity index (χ0) is 18.6. The molecule has 1 aromatic carbocycles. The Labute approximate surface area is 155 Å². The van der Waals surface area contributed by atoms with E-state index in [9.17, 15) is 14.7 Å². The summed E-state index contributed by atoms with van der Waals surface area (Å²) in [5.41, 5.74) is -0.0663. The van der Waals surface area contributed by atoms with Gasteiger partial charge in [0.05, 0.1) is 11.5 Å². The average molecular weight is 359 g/mol. The lowest BCUT2D eigenvalue weighted by Crippen LogP contribution is -2.50. The first-order chi connectivity index (χ1) is 12.5. The van der Waals surface area contributed by atoms with Gasteiger partial charge < -0.3 is 14.7 Å². The SMILES string of the molecule is CC1CCCCC1OCC(=O)N1CCC(C(=O)O)(c2ccccc2)CC1. The van der Waals surface area contributed by atoms with Gasteiger partial charge in [0.15, 0.2) is 0 Å². The summed E-state index contributed by atoms with van der Waals surface area (Å²) in [5.74, 6) is -0.312. The number of carboxylic acids is 1. The Balaban J connectivity index is 1.56. The highest BCUT2D eigenvalue weighted by Crippen LogP contribution is 2.36. The van der Waals surface area contributed by atoms with Crippen LogP contribution in [-0.2, 0) is 19.7 Å². The predicted octanol–water partition coefficient (Wildman–Crippen LogP) is 3.23. The monoisotopic (exact) mass is 359 g/mol. The molecule has 1 saturated carbocycles. The number of amides is 1. The zero-order valence-electron chi connectivity index (χ0n) is 15.5. The number of benzene rings is 1. The minimum Gasteiger partial charge on any atom is -0.481 e. The summed E-state index contributed by atoms with van der Waals surface area (Å²) in [7, 11) is 0. The van der Waals surface area contributed by atoms with Crippen LogP contribution in [0.4, 0.5) is 0 Å². The van der Waals surface area contributed by atoms with Gasteiger partial charge in [-0.05, 0) is 37.2 Å². The van der Waals surface area contributed by atoms with Crippen LogP contribution in [0, 0.1) is 5.92 Å². The number of ether oxygens (including phenoxy) is 1. The quantitative estimate of drug-likeness (QED) is 0.876. The number of carboxylic acid groups (broad SMARTS) is 1. The molecule has 1 heterocycles. The van der Waals surface area contributed by atoms with E-state index >= 15 is 0 Å². The highest BCUT2D eigenvalue weighted by atomic mass is 16.5. The van der Waals surface area contributed by atoms with Crippen molar-refractivity contribution in [2.24, 2.45) is 5.92 Å². The summed E-state index contributed by atoms with van der Waals surface area (Å²) < 4.78 is 5.89. The summed E-state index contributed by atoms with van der Waals surface area (Å²) in [6.07, 6.45) is 5.68. The van der Waals surface area contributed by atoms with E-state index in [2.05, 4.69) is 6.92 Å². The second kappa shape index (κ2) is 8.21. The minimum absolute atomic E-state index is 0.0187. The molecule has 142 valence electrons. The number of nitrogens with zero attached hydrogens (tertiary/aromatic N) is 1. The first-order valence-corrected chi connectivity index (χ1v) is 9.71. The van der Waals surface area contributed by atoms with Crippen molar-refractivity contribution in [3.05, 3.63) is 35.9 Å². The van der Waals surface area contributed by atoms with E-state index < -0.39 is 11.4 Å². The first kappa shape index (κ1) is 18.9. The van der Waals surface area contributed by atoms with Crippen molar-refractivity contribution in [2.75, 3.05) is 19.7 Å². The Morgan fingerprint density at radius 3 is 2.42 bits per heavy atom. The maximum atomic E-state index is 12.5. The van der Waals surface area contributed by atoms with E-state index in [1.54, 1.807) is 4.90 Å². The third-order valence-electron chi connectivity index (χ3n) is 6.16. The number of aliphatic carboxylic acids is 1. The van der Waals surface area contributed by atoms with Gasteiger partial charge in [0.25, 0.3) is 0 Å². The van der Waals surface area contributed by atoms with Crippen LogP contribution < -0.4 is 0 Å². The van der Waals surface area contributed by atoms with Crippen molar-refractivity contribution < 1.29 is 19.4 Å². The van der Waals surface area contributed by atoms with E-state index in [0.29, 0.717) is 31.8 Å². The van der Waals surface area contributed by atoms with Crippen LogP contribution in [0.1, 0.15) is 51.0 Å². The molecule has 5 heteroatoms. The Morgan fingerprint density at radius 2 is 1.81 bits per heavy atom. The summed E-state index contributed by atoms with van der Waals surface area (Å²) >= 11 is 0. The maximum absolute atomic E-state index is 12.5. The largest absolute Gasteiger partial charge is 0.481 e. The smallest absolute Gasteiger partial charge is 0.314 e. The Kier molecular flexibility index (Phi) is 5.97. The van der Waals surface area contributed by atoms with Crippen molar-refractivity contribution >= 4 is 11.9 Å². The van der Waals surface area contributed by atoms with Gasteiger partial charge >= 0.3 is 5.97 Å². The molecule has 0 radical (unpaired) electrons. The van der Waals surface area contributed by atoms with E-state index in [0.717, 1.165) is 12.0 Å². The molecule has 0 bridgehead atoms. The van der Waals surface area contributed by atoms with Crippen LogP contribution in [0.3, 0.4) is 0 Å². The molecular weight excluding hydrogens is 330 g/mol. The molecule has 1 aromatic rings. The number of likely N-dealkylation sites (tertiary alicyclic amines) is 1. The lowest BCUT2D eigenvalue weighted by Gasteiger charge is -2.39. The standard InChI is InChI=1S/C21H29NO4/c1-16-7-5-6-10-18(16)26-15-19(23)22-13-11-21(12-14-22,20(24)25)17-8-3-2-4-9-17/h2-4,8-9,16,18H,5-7,10-15H2,1H3,(H,24,25). The second-order valence-electron chi connectivity index (χ2n) is 7.75. The summed E-state index contributed by atoms with van der Waals surface area (Å²) in [5, 5.41) is 9.84. The fourth-order valence-electron chi connectivity index (χ4n) is 4.32. The topological polar surface area (TPSA) is 66.8 Å². The van der Waals surface area contributed by atoms with Gasteiger partial charge in [-0.3, -0.25) is 9.59 Å². The molecule has 1 aliphatic heterocycles. The molecule has 2 aliphatic rings. The molecular formula is C21H29NO4. The zero-order valence-corrected chi connectivity index (χ0v) is 15.5. The summed E-state index contributed by atoms with van der Waals surface area (Å²) in [4.78, 5) is 26.3. The average Bonchev–Trinajstić information content (AvgIpc) is 2.67. The molecule has 5 nitrogen and oxygen atoms in total. The highest BCUT2D eigenvalue weighted by Gasteiger charge is 2.43. The van der Waals surface area contributed by atoms with Crippen molar-refractivity contribution in [2.45, 2.75) is 57.0 Å². The van der Waals surface area contributed by atoms with E-state index in [1.807, 2.05) is 30.3 Å². The molecule has 1 amide bonds. The Bertz CT molecular complexity index is 622. The van der Waals surface area contributed by atoms with Gasteiger partial charge in [0.1, 0.15) is 6.61 Å².